The van der Waals surface area contributed by atoms with E-state index < -0.39 is 0 Å². The molecule has 0 aliphatic rings. The molecule has 0 aliphatic carbocycles. The Morgan fingerprint density at radius 2 is 2.08 bits per heavy atom. The van der Waals surface area contributed by atoms with Gasteiger partial charge in [-0.25, -0.2) is 4.39 Å². The van der Waals surface area contributed by atoms with E-state index in [9.17, 15) is 9.18 Å². The number of hydrogen-bond donors (Lipinski definition) is 1. The van der Waals surface area contributed by atoms with Crippen LogP contribution in [0.1, 0.15) is 23.2 Å². The number of hydrogen-bond acceptors (Lipinski definition) is 4. The minimum absolute atomic E-state index is 0.0945. The van der Waals surface area contributed by atoms with Gasteiger partial charge in [0, 0.05) is 29.8 Å². The third kappa shape index (κ3) is 4.48. The van der Waals surface area contributed by atoms with Crippen molar-refractivity contribution < 1.29 is 9.18 Å². The number of benzene rings is 1. The number of aromatic nitrogens is 2. The molecule has 2 aromatic heterocycles. The van der Waals surface area contributed by atoms with Crippen LogP contribution in [0.5, 0.6) is 0 Å². The zero-order valence-electron chi connectivity index (χ0n) is 13.8. The van der Waals surface area contributed by atoms with Crippen LogP contribution in [-0.4, -0.2) is 15.9 Å². The molecule has 2 heterocycles. The fourth-order valence-electron chi connectivity index (χ4n) is 2.46. The van der Waals surface area contributed by atoms with Crippen molar-refractivity contribution in [2.75, 3.05) is 0 Å². The molecule has 3 aromatic rings. The van der Waals surface area contributed by atoms with Crippen LogP contribution in [0.4, 0.5) is 4.39 Å². The first kappa shape index (κ1) is 17.2. The zero-order chi connectivity index (χ0) is 17.6. The summed E-state index contributed by atoms with van der Waals surface area (Å²) in [7, 11) is 0. The molecule has 0 aliphatic heterocycles. The van der Waals surface area contributed by atoms with Gasteiger partial charge in [0.15, 0.2) is 0 Å². The minimum atomic E-state index is -0.238. The molecule has 4 nitrogen and oxygen atoms in total. The Bertz CT molecular complexity index is 865. The van der Waals surface area contributed by atoms with Gasteiger partial charge >= 0.3 is 0 Å². The van der Waals surface area contributed by atoms with E-state index in [0.717, 1.165) is 22.5 Å². The third-order valence-corrected chi connectivity index (χ3v) is 4.58. The monoisotopic (exact) mass is 355 g/mol. The van der Waals surface area contributed by atoms with Crippen molar-refractivity contribution in [1.29, 1.82) is 0 Å². The van der Waals surface area contributed by atoms with Crippen molar-refractivity contribution >= 4 is 17.2 Å². The lowest BCUT2D eigenvalue weighted by atomic mass is 10.1. The molecule has 0 radical (unpaired) electrons. The Labute approximate surface area is 149 Å². The Kier molecular flexibility index (Phi) is 5.50. The zero-order valence-corrected chi connectivity index (χ0v) is 14.6. The molecule has 1 amide bonds. The summed E-state index contributed by atoms with van der Waals surface area (Å²) in [5.74, 6) is -0.333. The maximum Gasteiger partial charge on any atom is 0.220 e. The van der Waals surface area contributed by atoms with Gasteiger partial charge in [0.05, 0.1) is 17.9 Å². The van der Waals surface area contributed by atoms with Crippen molar-refractivity contribution in [2.45, 2.75) is 26.3 Å². The molecule has 0 saturated heterocycles. The summed E-state index contributed by atoms with van der Waals surface area (Å²) < 4.78 is 13.5. The molecule has 6 heteroatoms. The highest BCUT2D eigenvalue weighted by Gasteiger charge is 2.10. The summed E-state index contributed by atoms with van der Waals surface area (Å²) in [6.07, 6.45) is 4.06. The number of aryl methyl sites for hydroxylation is 2. The van der Waals surface area contributed by atoms with Gasteiger partial charge in [0.2, 0.25) is 5.91 Å². The predicted octanol–water partition coefficient (Wildman–Crippen LogP) is 3.90. The Hall–Kier alpha value is -2.60. The number of nitrogens with zero attached hydrogens (tertiary/aromatic N) is 2. The van der Waals surface area contributed by atoms with Gasteiger partial charge in [-0.2, -0.15) is 11.3 Å². The molecular weight excluding hydrogens is 337 g/mol. The largest absolute Gasteiger partial charge is 0.350 e. The molecular formula is C19H18FN3OS. The maximum atomic E-state index is 13.5. The van der Waals surface area contributed by atoms with E-state index in [1.165, 1.54) is 6.07 Å². The summed E-state index contributed by atoms with van der Waals surface area (Å²) >= 11 is 1.59. The first-order valence-corrected chi connectivity index (χ1v) is 8.92. The van der Waals surface area contributed by atoms with Crippen LogP contribution in [0, 0.1) is 12.7 Å². The second kappa shape index (κ2) is 7.98. The molecule has 128 valence electrons. The molecule has 0 spiro atoms. The average Bonchev–Trinajstić information content (AvgIpc) is 3.15. The maximum absolute atomic E-state index is 13.5. The van der Waals surface area contributed by atoms with Crippen LogP contribution in [-0.2, 0) is 17.8 Å². The number of thiophene rings is 1. The summed E-state index contributed by atoms with van der Waals surface area (Å²) in [6.45, 7) is 2.04. The van der Waals surface area contributed by atoms with Gasteiger partial charge in [0.25, 0.3) is 0 Å². The van der Waals surface area contributed by atoms with Crippen LogP contribution in [0.15, 0.2) is 47.4 Å². The predicted molar refractivity (Wildman–Crippen MR) is 96.6 cm³/mol. The van der Waals surface area contributed by atoms with Gasteiger partial charge in [-0.1, -0.05) is 12.1 Å². The lowest BCUT2D eigenvalue weighted by molar-refractivity contribution is -0.121. The highest BCUT2D eigenvalue weighted by Crippen LogP contribution is 2.22. The Morgan fingerprint density at radius 1 is 1.24 bits per heavy atom. The average molecular weight is 355 g/mol. The minimum Gasteiger partial charge on any atom is -0.350 e. The number of rotatable bonds is 6. The molecule has 0 unspecified atom stereocenters. The van der Waals surface area contributed by atoms with E-state index in [-0.39, 0.29) is 11.7 Å². The van der Waals surface area contributed by atoms with Gasteiger partial charge in [-0.05, 0) is 42.0 Å². The van der Waals surface area contributed by atoms with E-state index in [1.54, 1.807) is 36.7 Å². The summed E-state index contributed by atoms with van der Waals surface area (Å²) in [5, 5.41) is 6.85. The van der Waals surface area contributed by atoms with Crippen molar-refractivity contribution in [3.63, 3.8) is 0 Å². The van der Waals surface area contributed by atoms with Crippen molar-refractivity contribution in [3.8, 4) is 11.3 Å². The lowest BCUT2D eigenvalue weighted by Crippen LogP contribution is -2.24. The van der Waals surface area contributed by atoms with Crippen molar-refractivity contribution in [1.82, 2.24) is 15.3 Å². The van der Waals surface area contributed by atoms with Gasteiger partial charge in [-0.3, -0.25) is 14.8 Å². The van der Waals surface area contributed by atoms with Crippen molar-refractivity contribution in [3.05, 3.63) is 70.1 Å². The fourth-order valence-corrected chi connectivity index (χ4v) is 3.10. The molecule has 3 rings (SSSR count). The quantitative estimate of drug-likeness (QED) is 0.729. The number of carbonyl (C=O) groups is 1. The highest BCUT2D eigenvalue weighted by molar-refractivity contribution is 7.08. The van der Waals surface area contributed by atoms with Crippen LogP contribution in [0.2, 0.25) is 0 Å². The van der Waals surface area contributed by atoms with Crippen LogP contribution >= 0.6 is 11.3 Å². The number of halogens is 1. The third-order valence-electron chi connectivity index (χ3n) is 3.90. The summed E-state index contributed by atoms with van der Waals surface area (Å²) in [6, 6.07) is 7.05. The van der Waals surface area contributed by atoms with Crippen LogP contribution in [0.25, 0.3) is 11.3 Å². The van der Waals surface area contributed by atoms with E-state index in [4.69, 9.17) is 0 Å². The van der Waals surface area contributed by atoms with E-state index >= 15 is 0 Å². The summed E-state index contributed by atoms with van der Waals surface area (Å²) in [4.78, 5) is 20.8. The standard InChI is InChI=1S/C19H18FN3OS/c1-13-2-3-14(10-16(13)20)4-5-18(24)23-11-17-19(22-8-7-21-17)15-6-9-25-12-15/h2-3,6-10,12H,4-5,11H2,1H3,(H,23,24). The van der Waals surface area contributed by atoms with Gasteiger partial charge < -0.3 is 5.32 Å². The first-order chi connectivity index (χ1) is 12.1. The van der Waals surface area contributed by atoms with E-state index in [2.05, 4.69) is 15.3 Å². The second-order valence-electron chi connectivity index (χ2n) is 5.72. The molecule has 0 atom stereocenters. The molecule has 1 N–H and O–H groups in total. The lowest BCUT2D eigenvalue weighted by Gasteiger charge is -2.08. The molecule has 0 fully saturated rings. The summed E-state index contributed by atoms with van der Waals surface area (Å²) in [5.41, 5.74) is 3.94. The SMILES string of the molecule is Cc1ccc(CCC(=O)NCc2nccnc2-c2ccsc2)cc1F. The molecule has 1 aromatic carbocycles. The van der Waals surface area contributed by atoms with Crippen LogP contribution < -0.4 is 5.32 Å². The highest BCUT2D eigenvalue weighted by atomic mass is 32.1. The number of amides is 1. The first-order valence-electron chi connectivity index (χ1n) is 7.97. The molecule has 0 bridgehead atoms. The number of carbonyl (C=O) groups excluding carboxylic acids is 1. The Morgan fingerprint density at radius 3 is 2.84 bits per heavy atom. The molecule has 25 heavy (non-hydrogen) atoms. The van der Waals surface area contributed by atoms with E-state index in [0.29, 0.717) is 24.9 Å². The van der Waals surface area contributed by atoms with E-state index in [1.807, 2.05) is 22.9 Å². The number of nitrogens with one attached hydrogen (secondary N) is 1. The Balaban J connectivity index is 1.57. The van der Waals surface area contributed by atoms with Gasteiger partial charge in [0.1, 0.15) is 5.82 Å². The fraction of sp³-hybridized carbons (Fsp3) is 0.211. The topological polar surface area (TPSA) is 54.9 Å². The smallest absolute Gasteiger partial charge is 0.220 e. The van der Waals surface area contributed by atoms with Crippen LogP contribution in [0.3, 0.4) is 0 Å². The van der Waals surface area contributed by atoms with Gasteiger partial charge in [-0.15, -0.1) is 0 Å². The second-order valence-corrected chi connectivity index (χ2v) is 6.50. The normalized spacial score (nSPS) is 10.6. The van der Waals surface area contributed by atoms with Crippen molar-refractivity contribution in [2.24, 2.45) is 0 Å². The molecule has 0 saturated carbocycles.